The largest absolute Gasteiger partial charge is 0.396 e. The molecular weight excluding hydrogens is 166 g/mol. The molecule has 0 radical (unpaired) electrons. The van der Waals surface area contributed by atoms with Crippen molar-refractivity contribution in [3.63, 3.8) is 0 Å². The summed E-state index contributed by atoms with van der Waals surface area (Å²) in [6.07, 6.45) is 5.61. The first-order valence-electron chi connectivity index (χ1n) is 4.63. The molecule has 0 aromatic carbocycles. The topological polar surface area (TPSA) is 50.1 Å². The predicted molar refractivity (Wildman–Crippen MR) is 51.6 cm³/mol. The molecular formula is C9H17N3O. The molecule has 0 amide bonds. The van der Waals surface area contributed by atoms with Crippen molar-refractivity contribution in [2.24, 2.45) is 0 Å². The van der Waals surface area contributed by atoms with E-state index in [9.17, 15) is 0 Å². The van der Waals surface area contributed by atoms with Crippen molar-refractivity contribution in [1.29, 1.82) is 0 Å². The third-order valence-corrected chi connectivity index (χ3v) is 1.89. The maximum atomic E-state index is 8.63. The third-order valence-electron chi connectivity index (χ3n) is 1.89. The normalized spacial score (nSPS) is 10.6. The molecule has 0 fully saturated rings. The molecule has 0 aliphatic heterocycles. The van der Waals surface area contributed by atoms with Gasteiger partial charge in [0.25, 0.3) is 0 Å². The number of aromatic nitrogens is 2. The first kappa shape index (κ1) is 10.2. The maximum absolute atomic E-state index is 8.63. The zero-order chi connectivity index (χ0) is 9.52. The minimum absolute atomic E-state index is 0.240. The number of aliphatic hydroxyl groups is 1. The average Bonchev–Trinajstić information content (AvgIpc) is 2.59. The van der Waals surface area contributed by atoms with E-state index in [1.165, 1.54) is 0 Å². The van der Waals surface area contributed by atoms with E-state index in [-0.39, 0.29) is 6.61 Å². The summed E-state index contributed by atoms with van der Waals surface area (Å²) in [5.41, 5.74) is 1.10. The number of aliphatic hydroxyl groups excluding tert-OH is 1. The summed E-state index contributed by atoms with van der Waals surface area (Å²) >= 11 is 0. The Morgan fingerprint density at radius 1 is 1.62 bits per heavy atom. The molecule has 4 heteroatoms. The Kier molecular flexibility index (Phi) is 4.49. The second-order valence-electron chi connectivity index (χ2n) is 3.03. The van der Waals surface area contributed by atoms with Gasteiger partial charge >= 0.3 is 0 Å². The third kappa shape index (κ3) is 3.57. The standard InChI is InChI=1S/C9H17N3O/c1-10-4-3-9-7-12(8-11-9)5-2-6-13/h7-8,10,13H,2-6H2,1H3. The van der Waals surface area contributed by atoms with Crippen molar-refractivity contribution >= 4 is 0 Å². The molecule has 4 nitrogen and oxygen atoms in total. The maximum Gasteiger partial charge on any atom is 0.0949 e. The van der Waals surface area contributed by atoms with E-state index in [1.54, 1.807) is 0 Å². The fraction of sp³-hybridized carbons (Fsp3) is 0.667. The highest BCUT2D eigenvalue weighted by Crippen LogP contribution is 1.97. The van der Waals surface area contributed by atoms with Crippen molar-refractivity contribution < 1.29 is 5.11 Å². The minimum atomic E-state index is 0.240. The minimum Gasteiger partial charge on any atom is -0.396 e. The van der Waals surface area contributed by atoms with E-state index >= 15 is 0 Å². The molecule has 0 atom stereocenters. The van der Waals surface area contributed by atoms with Crippen LogP contribution in [0.15, 0.2) is 12.5 Å². The molecule has 1 heterocycles. The van der Waals surface area contributed by atoms with E-state index in [2.05, 4.69) is 10.3 Å². The fourth-order valence-electron chi connectivity index (χ4n) is 1.16. The van der Waals surface area contributed by atoms with Gasteiger partial charge in [-0.1, -0.05) is 0 Å². The second kappa shape index (κ2) is 5.72. The molecule has 0 bridgehead atoms. The Labute approximate surface area is 78.6 Å². The summed E-state index contributed by atoms with van der Waals surface area (Å²) in [5, 5.41) is 11.7. The van der Waals surface area contributed by atoms with Crippen LogP contribution in [0.3, 0.4) is 0 Å². The van der Waals surface area contributed by atoms with Gasteiger partial charge in [0.1, 0.15) is 0 Å². The van der Waals surface area contributed by atoms with Gasteiger partial charge in [0.05, 0.1) is 12.0 Å². The number of rotatable bonds is 6. The van der Waals surface area contributed by atoms with Gasteiger partial charge in [0.15, 0.2) is 0 Å². The number of nitrogens with zero attached hydrogens (tertiary/aromatic N) is 2. The summed E-state index contributed by atoms with van der Waals surface area (Å²) in [6.45, 7) is 2.05. The summed E-state index contributed by atoms with van der Waals surface area (Å²) in [7, 11) is 1.93. The molecule has 74 valence electrons. The van der Waals surface area contributed by atoms with Crippen molar-refractivity contribution in [1.82, 2.24) is 14.9 Å². The molecule has 2 N–H and O–H groups in total. The van der Waals surface area contributed by atoms with Crippen LogP contribution in [0.1, 0.15) is 12.1 Å². The van der Waals surface area contributed by atoms with Crippen LogP contribution in [0.2, 0.25) is 0 Å². The Bertz CT molecular complexity index is 212. The van der Waals surface area contributed by atoms with Crippen LogP contribution in [-0.2, 0) is 13.0 Å². The summed E-state index contributed by atoms with van der Waals surface area (Å²) in [6, 6.07) is 0. The van der Waals surface area contributed by atoms with Gasteiger partial charge in [-0.2, -0.15) is 0 Å². The van der Waals surface area contributed by atoms with Gasteiger partial charge in [0, 0.05) is 32.3 Å². The highest BCUT2D eigenvalue weighted by atomic mass is 16.3. The number of likely N-dealkylation sites (N-methyl/N-ethyl adjacent to an activating group) is 1. The number of nitrogens with one attached hydrogen (secondary N) is 1. The quantitative estimate of drug-likeness (QED) is 0.654. The molecule has 13 heavy (non-hydrogen) atoms. The van der Waals surface area contributed by atoms with Gasteiger partial charge in [-0.15, -0.1) is 0 Å². The predicted octanol–water partition coefficient (Wildman–Crippen LogP) is 0.0274. The van der Waals surface area contributed by atoms with E-state index in [4.69, 9.17) is 5.11 Å². The average molecular weight is 183 g/mol. The molecule has 0 aliphatic carbocycles. The lowest BCUT2D eigenvalue weighted by Gasteiger charge is -1.97. The van der Waals surface area contributed by atoms with Crippen molar-refractivity contribution in [2.45, 2.75) is 19.4 Å². The van der Waals surface area contributed by atoms with Crippen LogP contribution >= 0.6 is 0 Å². The molecule has 0 aliphatic rings. The Morgan fingerprint density at radius 2 is 2.46 bits per heavy atom. The molecule has 1 aromatic heterocycles. The van der Waals surface area contributed by atoms with Crippen molar-refractivity contribution in [2.75, 3.05) is 20.2 Å². The SMILES string of the molecule is CNCCc1cn(CCCO)cn1. The Balaban J connectivity index is 2.34. The summed E-state index contributed by atoms with van der Waals surface area (Å²) in [5.74, 6) is 0. The number of imidazole rings is 1. The summed E-state index contributed by atoms with van der Waals surface area (Å²) < 4.78 is 2.02. The van der Waals surface area contributed by atoms with Crippen LogP contribution in [0.5, 0.6) is 0 Å². The molecule has 0 spiro atoms. The molecule has 0 saturated carbocycles. The highest BCUT2D eigenvalue weighted by Gasteiger charge is 1.97. The van der Waals surface area contributed by atoms with Crippen LogP contribution in [0.4, 0.5) is 0 Å². The molecule has 0 saturated heterocycles. The van der Waals surface area contributed by atoms with Gasteiger partial charge in [-0.3, -0.25) is 0 Å². The Morgan fingerprint density at radius 3 is 3.15 bits per heavy atom. The van der Waals surface area contributed by atoms with Crippen molar-refractivity contribution in [3.05, 3.63) is 18.2 Å². The first-order valence-corrected chi connectivity index (χ1v) is 4.63. The van der Waals surface area contributed by atoms with E-state index in [0.29, 0.717) is 0 Å². The lowest BCUT2D eigenvalue weighted by atomic mass is 10.3. The number of aryl methyl sites for hydroxylation is 1. The second-order valence-corrected chi connectivity index (χ2v) is 3.03. The van der Waals surface area contributed by atoms with Gasteiger partial charge in [-0.25, -0.2) is 4.98 Å². The smallest absolute Gasteiger partial charge is 0.0949 e. The van der Waals surface area contributed by atoms with E-state index < -0.39 is 0 Å². The molecule has 1 rings (SSSR count). The lowest BCUT2D eigenvalue weighted by Crippen LogP contribution is -2.10. The zero-order valence-electron chi connectivity index (χ0n) is 8.03. The highest BCUT2D eigenvalue weighted by molar-refractivity contribution is 4.97. The zero-order valence-corrected chi connectivity index (χ0v) is 8.03. The van der Waals surface area contributed by atoms with Gasteiger partial charge < -0.3 is 15.0 Å². The van der Waals surface area contributed by atoms with E-state index in [1.807, 2.05) is 24.1 Å². The first-order chi connectivity index (χ1) is 6.36. The van der Waals surface area contributed by atoms with Crippen LogP contribution in [0, 0.1) is 0 Å². The van der Waals surface area contributed by atoms with Crippen LogP contribution in [-0.4, -0.2) is 34.9 Å². The lowest BCUT2D eigenvalue weighted by molar-refractivity contribution is 0.279. The Hall–Kier alpha value is -0.870. The van der Waals surface area contributed by atoms with Crippen LogP contribution < -0.4 is 5.32 Å². The van der Waals surface area contributed by atoms with Gasteiger partial charge in [-0.05, 0) is 13.5 Å². The summed E-state index contributed by atoms with van der Waals surface area (Å²) in [4.78, 5) is 4.25. The molecule has 1 aromatic rings. The van der Waals surface area contributed by atoms with Gasteiger partial charge in [0.2, 0.25) is 0 Å². The number of hydrogen-bond donors (Lipinski definition) is 2. The fourth-order valence-corrected chi connectivity index (χ4v) is 1.16. The van der Waals surface area contributed by atoms with Crippen molar-refractivity contribution in [3.8, 4) is 0 Å². The monoisotopic (exact) mass is 183 g/mol. The van der Waals surface area contributed by atoms with E-state index in [0.717, 1.165) is 31.6 Å². The number of hydrogen-bond acceptors (Lipinski definition) is 3. The molecule has 0 unspecified atom stereocenters. The van der Waals surface area contributed by atoms with Crippen LogP contribution in [0.25, 0.3) is 0 Å².